The van der Waals surface area contributed by atoms with E-state index in [0.29, 0.717) is 6.42 Å². The summed E-state index contributed by atoms with van der Waals surface area (Å²) in [6, 6.07) is 11.6. The molecule has 2 aliphatic rings. The van der Waals surface area contributed by atoms with Gasteiger partial charge >= 0.3 is 0 Å². The minimum Gasteiger partial charge on any atom is -0.372 e. The Morgan fingerprint density at radius 1 is 1.05 bits per heavy atom. The molecule has 1 fully saturated rings. The Morgan fingerprint density at radius 2 is 1.77 bits per heavy atom. The molecule has 0 amide bonds. The van der Waals surface area contributed by atoms with Crippen molar-refractivity contribution in [3.63, 3.8) is 0 Å². The number of fused-ring (bicyclic) bond motifs is 1. The molecule has 4 rings (SSSR count). The number of rotatable bonds is 2. The van der Waals surface area contributed by atoms with Gasteiger partial charge in [0, 0.05) is 25.2 Å². The van der Waals surface area contributed by atoms with E-state index in [0.717, 1.165) is 35.6 Å². The van der Waals surface area contributed by atoms with Gasteiger partial charge < -0.3 is 4.90 Å². The molecule has 0 unspecified atom stereocenters. The zero-order valence-electron chi connectivity index (χ0n) is 12.1. The molecule has 4 heteroatoms. The first kappa shape index (κ1) is 13.8. The number of hydrogen-bond donors (Lipinski definition) is 0. The molecule has 1 saturated heterocycles. The Balaban J connectivity index is 1.59. The van der Waals surface area contributed by atoms with Gasteiger partial charge in [-0.15, -0.1) is 0 Å². The Bertz CT molecular complexity index is 746. The Labute approximate surface area is 134 Å². The molecule has 2 aromatic rings. The van der Waals surface area contributed by atoms with Gasteiger partial charge in [0.1, 0.15) is 5.82 Å². The predicted octanol–water partition coefficient (Wildman–Crippen LogP) is 4.76. The van der Waals surface area contributed by atoms with Crippen LogP contribution in [0.15, 0.2) is 41.4 Å². The zero-order valence-corrected chi connectivity index (χ0v) is 12.9. The first-order valence-electron chi connectivity index (χ1n) is 7.61. The number of halogens is 2. The lowest BCUT2D eigenvalue weighted by Crippen LogP contribution is -2.17. The monoisotopic (exact) mass is 314 g/mol. The van der Waals surface area contributed by atoms with E-state index < -0.39 is 0 Å². The third-order valence-electron chi connectivity index (χ3n) is 4.41. The lowest BCUT2D eigenvalue weighted by Gasteiger charge is -2.17. The molecule has 0 N–H and O–H groups in total. The summed E-state index contributed by atoms with van der Waals surface area (Å²) in [4.78, 5) is 7.01. The van der Waals surface area contributed by atoms with Crippen molar-refractivity contribution >= 4 is 28.7 Å². The molecule has 0 spiro atoms. The van der Waals surface area contributed by atoms with Crippen LogP contribution in [0.3, 0.4) is 0 Å². The van der Waals surface area contributed by atoms with Gasteiger partial charge in [-0.05, 0) is 48.2 Å². The minimum atomic E-state index is -0.374. The van der Waals surface area contributed by atoms with Crippen molar-refractivity contribution in [3.05, 3.63) is 58.4 Å². The summed E-state index contributed by atoms with van der Waals surface area (Å²) < 4.78 is 13.5. The third-order valence-corrected chi connectivity index (χ3v) is 4.70. The molecule has 2 nitrogen and oxygen atoms in total. The van der Waals surface area contributed by atoms with Crippen LogP contribution in [0, 0.1) is 5.82 Å². The highest BCUT2D eigenvalue weighted by Crippen LogP contribution is 2.33. The van der Waals surface area contributed by atoms with Crippen LogP contribution in [0.1, 0.15) is 24.0 Å². The van der Waals surface area contributed by atoms with Crippen LogP contribution in [0.2, 0.25) is 5.02 Å². The van der Waals surface area contributed by atoms with E-state index in [2.05, 4.69) is 34.2 Å². The fraction of sp³-hybridized carbons (Fsp3) is 0.278. The quantitative estimate of drug-likeness (QED) is 0.780. The largest absolute Gasteiger partial charge is 0.372 e. The molecular formula is C18H16ClFN2. The third kappa shape index (κ3) is 2.40. The standard InChI is InChI=1S/C18H16ClFN2/c19-15-11-18-13(9-16(15)20)10-17(21-18)12-3-5-14(6-4-12)22-7-1-2-8-22/h3-6,9,11H,1-2,7-8,10H2. The Kier molecular flexibility index (Phi) is 3.38. The molecule has 2 aromatic carbocycles. The summed E-state index contributed by atoms with van der Waals surface area (Å²) >= 11 is 5.83. The van der Waals surface area contributed by atoms with Gasteiger partial charge in [-0.2, -0.15) is 0 Å². The van der Waals surface area contributed by atoms with Crippen LogP contribution in [0.25, 0.3) is 0 Å². The number of hydrogen-bond acceptors (Lipinski definition) is 2. The highest BCUT2D eigenvalue weighted by atomic mass is 35.5. The molecule has 112 valence electrons. The fourth-order valence-electron chi connectivity index (χ4n) is 3.20. The molecule has 22 heavy (non-hydrogen) atoms. The first-order valence-corrected chi connectivity index (χ1v) is 7.99. The maximum Gasteiger partial charge on any atom is 0.142 e. The van der Waals surface area contributed by atoms with Crippen LogP contribution < -0.4 is 4.90 Å². The van der Waals surface area contributed by atoms with Crippen molar-refractivity contribution in [3.8, 4) is 0 Å². The maximum atomic E-state index is 13.5. The molecule has 0 bridgehead atoms. The van der Waals surface area contributed by atoms with Gasteiger partial charge in [0.25, 0.3) is 0 Å². The van der Waals surface area contributed by atoms with E-state index in [9.17, 15) is 4.39 Å². The van der Waals surface area contributed by atoms with Crippen molar-refractivity contribution in [2.24, 2.45) is 4.99 Å². The number of nitrogens with zero attached hydrogens (tertiary/aromatic N) is 2. The van der Waals surface area contributed by atoms with Crippen LogP contribution >= 0.6 is 11.6 Å². The molecule has 0 saturated carbocycles. The molecule has 0 aromatic heterocycles. The zero-order chi connectivity index (χ0) is 15.1. The average Bonchev–Trinajstić information content (AvgIpc) is 3.17. The maximum absolute atomic E-state index is 13.5. The Hall–Kier alpha value is -1.87. The smallest absolute Gasteiger partial charge is 0.142 e. The van der Waals surface area contributed by atoms with E-state index in [1.807, 2.05) is 0 Å². The number of anilines is 1. The van der Waals surface area contributed by atoms with Crippen LogP contribution in [0.5, 0.6) is 0 Å². The topological polar surface area (TPSA) is 15.6 Å². The summed E-state index contributed by atoms with van der Waals surface area (Å²) in [6.07, 6.45) is 3.21. The van der Waals surface area contributed by atoms with Gasteiger partial charge in [0.05, 0.1) is 16.4 Å². The summed E-state index contributed by atoms with van der Waals surface area (Å²) in [5, 5.41) is 0.133. The lowest BCUT2D eigenvalue weighted by atomic mass is 10.0. The molecule has 0 atom stereocenters. The second kappa shape index (κ2) is 5.40. The van der Waals surface area contributed by atoms with Crippen molar-refractivity contribution in [1.82, 2.24) is 0 Å². The van der Waals surface area contributed by atoms with Crippen molar-refractivity contribution in [2.45, 2.75) is 19.3 Å². The predicted molar refractivity (Wildman–Crippen MR) is 89.2 cm³/mol. The van der Waals surface area contributed by atoms with Crippen LogP contribution in [0.4, 0.5) is 15.8 Å². The Morgan fingerprint density at radius 3 is 2.50 bits per heavy atom. The summed E-state index contributed by atoms with van der Waals surface area (Å²) in [7, 11) is 0. The highest BCUT2D eigenvalue weighted by molar-refractivity contribution is 6.31. The first-order chi connectivity index (χ1) is 10.7. The van der Waals surface area contributed by atoms with Crippen molar-refractivity contribution in [2.75, 3.05) is 18.0 Å². The number of aliphatic imine (C=N–C) groups is 1. The lowest BCUT2D eigenvalue weighted by molar-refractivity contribution is 0.627. The van der Waals surface area contributed by atoms with Crippen LogP contribution in [-0.2, 0) is 6.42 Å². The van der Waals surface area contributed by atoms with Crippen molar-refractivity contribution < 1.29 is 4.39 Å². The van der Waals surface area contributed by atoms with E-state index >= 15 is 0 Å². The van der Waals surface area contributed by atoms with Gasteiger partial charge in [0.15, 0.2) is 0 Å². The molecule has 2 heterocycles. The van der Waals surface area contributed by atoms with Gasteiger partial charge in [-0.1, -0.05) is 23.7 Å². The van der Waals surface area contributed by atoms with E-state index in [1.54, 1.807) is 6.07 Å². The molecule has 0 radical (unpaired) electrons. The van der Waals surface area contributed by atoms with Gasteiger partial charge in [0.2, 0.25) is 0 Å². The second-order valence-corrected chi connectivity index (χ2v) is 6.28. The molecular weight excluding hydrogens is 299 g/mol. The van der Waals surface area contributed by atoms with E-state index in [1.165, 1.54) is 24.6 Å². The normalized spacial score (nSPS) is 16.8. The minimum absolute atomic E-state index is 0.133. The molecule has 0 aliphatic carbocycles. The average molecular weight is 315 g/mol. The second-order valence-electron chi connectivity index (χ2n) is 5.87. The summed E-state index contributed by atoms with van der Waals surface area (Å²) in [6.45, 7) is 2.28. The van der Waals surface area contributed by atoms with Gasteiger partial charge in [-0.3, -0.25) is 4.99 Å². The summed E-state index contributed by atoms with van der Waals surface area (Å²) in [5.74, 6) is -0.374. The van der Waals surface area contributed by atoms with E-state index in [4.69, 9.17) is 11.6 Å². The van der Waals surface area contributed by atoms with Crippen molar-refractivity contribution in [1.29, 1.82) is 0 Å². The van der Waals surface area contributed by atoms with E-state index in [-0.39, 0.29) is 10.8 Å². The summed E-state index contributed by atoms with van der Waals surface area (Å²) in [5.41, 5.74) is 5.03. The van der Waals surface area contributed by atoms with Gasteiger partial charge in [-0.25, -0.2) is 4.39 Å². The molecule has 2 aliphatic heterocycles. The highest BCUT2D eigenvalue weighted by Gasteiger charge is 2.19. The number of benzene rings is 2. The fourth-order valence-corrected chi connectivity index (χ4v) is 3.35. The van der Waals surface area contributed by atoms with Crippen LogP contribution in [-0.4, -0.2) is 18.8 Å². The SMILES string of the molecule is Fc1cc2c(cc1Cl)N=C(c1ccc(N3CCCC3)cc1)C2.